The van der Waals surface area contributed by atoms with E-state index < -0.39 is 11.8 Å². The van der Waals surface area contributed by atoms with Gasteiger partial charge < -0.3 is 19.9 Å². The van der Waals surface area contributed by atoms with Gasteiger partial charge in [-0.3, -0.25) is 0 Å². The molecule has 0 aliphatic heterocycles. The number of rotatable bonds is 5. The van der Waals surface area contributed by atoms with Crippen LogP contribution in [0.4, 0.5) is 14.9 Å². The first kappa shape index (κ1) is 15.4. The maximum Gasteiger partial charge on any atom is 0.319 e. The van der Waals surface area contributed by atoms with Crippen molar-refractivity contribution in [3.8, 4) is 18.1 Å². The zero-order valence-electron chi connectivity index (χ0n) is 12.0. The van der Waals surface area contributed by atoms with Gasteiger partial charge in [0.1, 0.15) is 24.0 Å². The SMILES string of the molecule is C#CCOc1ccc(F)cc1NC(=O)NCc1nccn1C. The highest BCUT2D eigenvalue weighted by Crippen LogP contribution is 2.25. The summed E-state index contributed by atoms with van der Waals surface area (Å²) < 4.78 is 20.3. The van der Waals surface area contributed by atoms with Gasteiger partial charge in [-0.05, 0) is 12.1 Å². The number of aryl methyl sites for hydroxylation is 1. The molecule has 0 spiro atoms. The minimum absolute atomic E-state index is 0.0230. The van der Waals surface area contributed by atoms with Crippen molar-refractivity contribution in [2.75, 3.05) is 11.9 Å². The van der Waals surface area contributed by atoms with E-state index in [0.29, 0.717) is 11.6 Å². The molecule has 0 saturated heterocycles. The molecule has 0 aliphatic carbocycles. The molecule has 2 amide bonds. The molecule has 6 nitrogen and oxygen atoms in total. The summed E-state index contributed by atoms with van der Waals surface area (Å²) in [5, 5.41) is 5.15. The summed E-state index contributed by atoms with van der Waals surface area (Å²) in [5.74, 6) is 2.80. The number of carbonyl (C=O) groups excluding carboxylic acids is 1. The predicted molar refractivity (Wildman–Crippen MR) is 79.8 cm³/mol. The molecule has 2 N–H and O–H groups in total. The number of urea groups is 1. The number of hydrogen-bond acceptors (Lipinski definition) is 3. The van der Waals surface area contributed by atoms with Gasteiger partial charge in [-0.2, -0.15) is 0 Å². The molecule has 0 bridgehead atoms. The highest BCUT2D eigenvalue weighted by atomic mass is 19.1. The van der Waals surface area contributed by atoms with Crippen LogP contribution >= 0.6 is 0 Å². The number of halogens is 1. The third-order valence-corrected chi connectivity index (χ3v) is 2.83. The Labute approximate surface area is 127 Å². The van der Waals surface area contributed by atoms with E-state index in [2.05, 4.69) is 21.5 Å². The fraction of sp³-hybridized carbons (Fsp3) is 0.200. The molecule has 1 heterocycles. The van der Waals surface area contributed by atoms with E-state index in [4.69, 9.17) is 11.2 Å². The molecule has 0 saturated carbocycles. The van der Waals surface area contributed by atoms with Crippen LogP contribution in [-0.4, -0.2) is 22.2 Å². The van der Waals surface area contributed by atoms with Gasteiger partial charge in [0.05, 0.1) is 12.2 Å². The first-order chi connectivity index (χ1) is 10.6. The molecule has 1 aromatic heterocycles. The van der Waals surface area contributed by atoms with Crippen molar-refractivity contribution < 1.29 is 13.9 Å². The molecule has 0 unspecified atom stereocenters. The van der Waals surface area contributed by atoms with Crippen molar-refractivity contribution in [1.29, 1.82) is 0 Å². The van der Waals surface area contributed by atoms with Crippen LogP contribution in [0.3, 0.4) is 0 Å². The Hall–Kier alpha value is -3.01. The number of hydrogen-bond donors (Lipinski definition) is 2. The Morgan fingerprint density at radius 2 is 2.36 bits per heavy atom. The lowest BCUT2D eigenvalue weighted by Gasteiger charge is -2.12. The van der Waals surface area contributed by atoms with E-state index in [9.17, 15) is 9.18 Å². The third kappa shape index (κ3) is 3.99. The number of terminal acetylenes is 1. The Balaban J connectivity index is 2.00. The molecule has 2 aromatic rings. The van der Waals surface area contributed by atoms with Crippen molar-refractivity contribution >= 4 is 11.7 Å². The molecule has 7 heteroatoms. The van der Waals surface area contributed by atoms with E-state index >= 15 is 0 Å². The quantitative estimate of drug-likeness (QED) is 0.829. The van der Waals surface area contributed by atoms with E-state index in [0.717, 1.165) is 6.07 Å². The molecule has 2 rings (SSSR count). The first-order valence-electron chi connectivity index (χ1n) is 6.47. The lowest BCUT2D eigenvalue weighted by atomic mass is 10.3. The molecule has 0 radical (unpaired) electrons. The number of carbonyl (C=O) groups is 1. The van der Waals surface area contributed by atoms with Gasteiger partial charge in [0, 0.05) is 25.5 Å². The number of nitrogens with zero attached hydrogens (tertiary/aromatic N) is 2. The van der Waals surface area contributed by atoms with Gasteiger partial charge >= 0.3 is 6.03 Å². The standard InChI is InChI=1S/C15H15FN4O2/c1-3-8-22-13-5-4-11(16)9-12(13)19-15(21)18-10-14-17-6-7-20(14)2/h1,4-7,9H,8,10H2,2H3,(H2,18,19,21). The fourth-order valence-electron chi connectivity index (χ4n) is 1.74. The second kappa shape index (κ2) is 7.13. The number of amides is 2. The maximum atomic E-state index is 13.3. The van der Waals surface area contributed by atoms with Gasteiger partial charge in [0.25, 0.3) is 0 Å². The lowest BCUT2D eigenvalue weighted by molar-refractivity contribution is 0.251. The number of anilines is 1. The van der Waals surface area contributed by atoms with Crippen molar-refractivity contribution in [3.63, 3.8) is 0 Å². The molecule has 114 valence electrons. The van der Waals surface area contributed by atoms with Crippen LogP contribution in [0, 0.1) is 18.2 Å². The molecule has 1 aromatic carbocycles. The normalized spacial score (nSPS) is 9.86. The minimum Gasteiger partial charge on any atom is -0.479 e. The summed E-state index contributed by atoms with van der Waals surface area (Å²) in [7, 11) is 1.82. The number of imidazole rings is 1. The molecule has 0 fully saturated rings. The van der Waals surface area contributed by atoms with Crippen LogP contribution < -0.4 is 15.4 Å². The zero-order chi connectivity index (χ0) is 15.9. The van der Waals surface area contributed by atoms with Crippen LogP contribution in [-0.2, 0) is 13.6 Å². The summed E-state index contributed by atoms with van der Waals surface area (Å²) in [6.07, 6.45) is 8.52. The van der Waals surface area contributed by atoms with Crippen molar-refractivity contribution in [3.05, 3.63) is 42.2 Å². The summed E-state index contributed by atoms with van der Waals surface area (Å²) in [6, 6.07) is 3.29. The average molecular weight is 302 g/mol. The first-order valence-corrected chi connectivity index (χ1v) is 6.47. The number of ether oxygens (including phenoxy) is 1. The van der Waals surface area contributed by atoms with Gasteiger partial charge in [0.15, 0.2) is 0 Å². The van der Waals surface area contributed by atoms with Crippen molar-refractivity contribution in [1.82, 2.24) is 14.9 Å². The summed E-state index contributed by atoms with van der Waals surface area (Å²) >= 11 is 0. The largest absolute Gasteiger partial charge is 0.479 e. The summed E-state index contributed by atoms with van der Waals surface area (Å²) in [6.45, 7) is 0.264. The monoisotopic (exact) mass is 302 g/mol. The Morgan fingerprint density at radius 3 is 3.05 bits per heavy atom. The Kier molecular flexibility index (Phi) is 4.98. The van der Waals surface area contributed by atoms with Crippen molar-refractivity contribution in [2.45, 2.75) is 6.54 Å². The zero-order valence-corrected chi connectivity index (χ0v) is 12.0. The van der Waals surface area contributed by atoms with Crippen LogP contribution in [0.2, 0.25) is 0 Å². The minimum atomic E-state index is -0.501. The van der Waals surface area contributed by atoms with Crippen LogP contribution in [0.1, 0.15) is 5.82 Å². The maximum absolute atomic E-state index is 13.3. The lowest BCUT2D eigenvalue weighted by Crippen LogP contribution is -2.29. The smallest absolute Gasteiger partial charge is 0.319 e. The predicted octanol–water partition coefficient (Wildman–Crippen LogP) is 1.89. The van der Waals surface area contributed by atoms with Gasteiger partial charge in [-0.25, -0.2) is 14.2 Å². The van der Waals surface area contributed by atoms with E-state index in [1.165, 1.54) is 12.1 Å². The van der Waals surface area contributed by atoms with Gasteiger partial charge in [-0.15, -0.1) is 6.42 Å². The highest BCUT2D eigenvalue weighted by Gasteiger charge is 2.10. The number of aromatic nitrogens is 2. The summed E-state index contributed by atoms with van der Waals surface area (Å²) in [4.78, 5) is 16.0. The second-order valence-corrected chi connectivity index (χ2v) is 4.40. The number of nitrogens with one attached hydrogen (secondary N) is 2. The molecular weight excluding hydrogens is 287 g/mol. The number of benzene rings is 1. The molecule has 22 heavy (non-hydrogen) atoms. The Morgan fingerprint density at radius 1 is 1.55 bits per heavy atom. The van der Waals surface area contributed by atoms with Gasteiger partial charge in [0.2, 0.25) is 0 Å². The average Bonchev–Trinajstić information content (AvgIpc) is 2.90. The summed E-state index contributed by atoms with van der Waals surface area (Å²) in [5.41, 5.74) is 0.201. The van der Waals surface area contributed by atoms with Crippen LogP contribution in [0.15, 0.2) is 30.6 Å². The Bertz CT molecular complexity index is 706. The van der Waals surface area contributed by atoms with Crippen molar-refractivity contribution in [2.24, 2.45) is 7.05 Å². The molecular formula is C15H15FN4O2. The molecule has 0 atom stereocenters. The van der Waals surface area contributed by atoms with Crippen LogP contribution in [0.25, 0.3) is 0 Å². The molecule has 0 aliphatic rings. The topological polar surface area (TPSA) is 68.2 Å². The van der Waals surface area contributed by atoms with E-state index in [1.807, 2.05) is 7.05 Å². The second-order valence-electron chi connectivity index (χ2n) is 4.40. The van der Waals surface area contributed by atoms with E-state index in [-0.39, 0.29) is 18.8 Å². The fourth-order valence-corrected chi connectivity index (χ4v) is 1.74. The van der Waals surface area contributed by atoms with E-state index in [1.54, 1.807) is 17.0 Å². The van der Waals surface area contributed by atoms with Gasteiger partial charge in [-0.1, -0.05) is 5.92 Å². The highest BCUT2D eigenvalue weighted by molar-refractivity contribution is 5.90. The third-order valence-electron chi connectivity index (χ3n) is 2.83. The van der Waals surface area contributed by atoms with Crippen LogP contribution in [0.5, 0.6) is 5.75 Å².